The Hall–Kier alpha value is -0.600. The van der Waals surface area contributed by atoms with Crippen LogP contribution in [-0.4, -0.2) is 30.5 Å². The molecule has 1 aromatic rings. The van der Waals surface area contributed by atoms with Crippen molar-refractivity contribution in [1.82, 2.24) is 4.31 Å². The number of carbonyl (C=O) groups is 1. The Morgan fingerprint density at radius 1 is 1.24 bits per heavy atom. The summed E-state index contributed by atoms with van der Waals surface area (Å²) in [6.45, 7) is 0.513. The van der Waals surface area contributed by atoms with Gasteiger partial charge in [0.2, 0.25) is 0 Å². The fourth-order valence-corrected chi connectivity index (χ4v) is 5.60. The van der Waals surface area contributed by atoms with E-state index in [4.69, 9.17) is 5.11 Å². The van der Waals surface area contributed by atoms with E-state index in [0.717, 1.165) is 10.0 Å². The van der Waals surface area contributed by atoms with Gasteiger partial charge in [-0.2, -0.15) is 4.31 Å². The summed E-state index contributed by atoms with van der Waals surface area (Å²) in [7, 11) is -2.94. The molecule has 0 radical (unpaired) electrons. The van der Waals surface area contributed by atoms with Crippen LogP contribution in [0, 0.1) is 5.92 Å². The van der Waals surface area contributed by atoms with Crippen molar-refractivity contribution >= 4 is 32.7 Å². The standard InChI is InChI=1S/C14H18BrNO4S/c15-11-3-6-13-10(7-11)8-16(21(13,19)20)12-4-1-9(2-5-12)14(17)18/h3,6-7,9,12,19-20H,1-2,4-5,8H2,(H,17,18). The Morgan fingerprint density at radius 3 is 2.52 bits per heavy atom. The summed E-state index contributed by atoms with van der Waals surface area (Å²) >= 11 is 3.40. The first-order valence-corrected chi connectivity index (χ1v) is 9.25. The van der Waals surface area contributed by atoms with E-state index in [0.29, 0.717) is 37.1 Å². The molecule has 0 bridgehead atoms. The molecule has 0 amide bonds. The average molecular weight is 376 g/mol. The van der Waals surface area contributed by atoms with Gasteiger partial charge in [-0.25, -0.2) is 0 Å². The molecule has 2 aliphatic rings. The third kappa shape index (κ3) is 2.73. The number of carboxylic acid groups (broad SMARTS) is 1. The van der Waals surface area contributed by atoms with E-state index in [1.807, 2.05) is 12.1 Å². The molecule has 7 heteroatoms. The molecule has 1 aliphatic heterocycles. The van der Waals surface area contributed by atoms with Gasteiger partial charge in [0.25, 0.3) is 0 Å². The third-order valence-electron chi connectivity index (χ3n) is 4.42. The van der Waals surface area contributed by atoms with Crippen LogP contribution in [0.25, 0.3) is 0 Å². The van der Waals surface area contributed by atoms with Crippen LogP contribution in [0.15, 0.2) is 27.6 Å². The van der Waals surface area contributed by atoms with Gasteiger partial charge in [-0.3, -0.25) is 13.9 Å². The fourth-order valence-electron chi connectivity index (χ4n) is 3.27. The molecule has 116 valence electrons. The molecule has 1 aromatic carbocycles. The third-order valence-corrected chi connectivity index (χ3v) is 6.99. The highest BCUT2D eigenvalue weighted by Crippen LogP contribution is 2.61. The van der Waals surface area contributed by atoms with Crippen LogP contribution in [0.1, 0.15) is 31.2 Å². The number of carboxylic acids is 1. The van der Waals surface area contributed by atoms with Crippen LogP contribution in [0.5, 0.6) is 0 Å². The molecule has 0 unspecified atom stereocenters. The fraction of sp³-hybridized carbons (Fsp3) is 0.500. The summed E-state index contributed by atoms with van der Waals surface area (Å²) in [6.07, 6.45) is 2.60. The van der Waals surface area contributed by atoms with Crippen molar-refractivity contribution in [2.45, 2.75) is 43.2 Å². The molecular formula is C14H18BrNO4S. The van der Waals surface area contributed by atoms with Crippen molar-refractivity contribution in [3.05, 3.63) is 28.2 Å². The monoisotopic (exact) mass is 375 g/mol. The van der Waals surface area contributed by atoms with Crippen LogP contribution in [-0.2, 0) is 11.3 Å². The van der Waals surface area contributed by atoms with E-state index in [1.54, 1.807) is 10.4 Å². The second-order valence-corrected chi connectivity index (χ2v) is 8.55. The minimum Gasteiger partial charge on any atom is -0.481 e. The highest BCUT2D eigenvalue weighted by Gasteiger charge is 2.41. The number of benzene rings is 1. The molecule has 3 N–H and O–H groups in total. The lowest BCUT2D eigenvalue weighted by atomic mass is 9.86. The molecule has 1 saturated carbocycles. The molecule has 5 nitrogen and oxygen atoms in total. The molecule has 0 aromatic heterocycles. The van der Waals surface area contributed by atoms with Gasteiger partial charge < -0.3 is 5.11 Å². The van der Waals surface area contributed by atoms with Crippen LogP contribution in [0.2, 0.25) is 0 Å². The molecule has 0 atom stereocenters. The summed E-state index contributed by atoms with van der Waals surface area (Å²) in [5, 5.41) is 9.05. The van der Waals surface area contributed by atoms with E-state index in [-0.39, 0.29) is 12.0 Å². The van der Waals surface area contributed by atoms with Gasteiger partial charge in [0.1, 0.15) is 0 Å². The smallest absolute Gasteiger partial charge is 0.306 e. The number of halogens is 1. The number of hydrogen-bond acceptors (Lipinski definition) is 4. The number of hydrogen-bond donors (Lipinski definition) is 3. The number of nitrogens with zero attached hydrogens (tertiary/aromatic N) is 1. The highest BCUT2D eigenvalue weighted by molar-refractivity contribution is 9.10. The lowest BCUT2D eigenvalue weighted by molar-refractivity contribution is -0.143. The van der Waals surface area contributed by atoms with E-state index in [9.17, 15) is 13.9 Å². The molecule has 0 spiro atoms. The van der Waals surface area contributed by atoms with E-state index in [2.05, 4.69) is 15.9 Å². The zero-order valence-corrected chi connectivity index (χ0v) is 13.8. The van der Waals surface area contributed by atoms with Crippen LogP contribution in [0.4, 0.5) is 0 Å². The van der Waals surface area contributed by atoms with Gasteiger partial charge in [-0.1, -0.05) is 15.9 Å². The normalized spacial score (nSPS) is 29.9. The van der Waals surface area contributed by atoms with Crippen LogP contribution < -0.4 is 0 Å². The Kier molecular flexibility index (Phi) is 4.04. The van der Waals surface area contributed by atoms with Crippen molar-refractivity contribution in [3.8, 4) is 0 Å². The van der Waals surface area contributed by atoms with Crippen molar-refractivity contribution in [1.29, 1.82) is 0 Å². The second-order valence-electron chi connectivity index (χ2n) is 5.69. The zero-order chi connectivity index (χ0) is 15.2. The summed E-state index contributed by atoms with van der Waals surface area (Å²) in [6, 6.07) is 5.54. The van der Waals surface area contributed by atoms with Gasteiger partial charge in [0.05, 0.1) is 10.8 Å². The summed E-state index contributed by atoms with van der Waals surface area (Å²) in [5.41, 5.74) is 0.935. The lowest BCUT2D eigenvalue weighted by Crippen LogP contribution is -2.37. The Balaban J connectivity index is 1.78. The Labute approximate surface area is 133 Å². The molecule has 1 heterocycles. The van der Waals surface area contributed by atoms with Gasteiger partial charge >= 0.3 is 5.97 Å². The van der Waals surface area contributed by atoms with Gasteiger partial charge in [-0.05, 0) is 49.4 Å². The SMILES string of the molecule is O=C(O)C1CCC(N2Cc3cc(Br)ccc3S2(O)O)CC1. The van der Waals surface area contributed by atoms with Crippen molar-refractivity contribution in [2.75, 3.05) is 0 Å². The number of rotatable bonds is 2. The Bertz CT molecular complexity index is 572. The highest BCUT2D eigenvalue weighted by atomic mass is 79.9. The maximum Gasteiger partial charge on any atom is 0.306 e. The first kappa shape index (κ1) is 15.3. The molecule has 1 aliphatic carbocycles. The van der Waals surface area contributed by atoms with E-state index < -0.39 is 16.7 Å². The lowest BCUT2D eigenvalue weighted by Gasteiger charge is -2.44. The first-order valence-electron chi connectivity index (χ1n) is 6.96. The van der Waals surface area contributed by atoms with Crippen LogP contribution in [0.3, 0.4) is 0 Å². The number of fused-ring (bicyclic) bond motifs is 1. The van der Waals surface area contributed by atoms with Crippen molar-refractivity contribution in [3.63, 3.8) is 0 Å². The molecule has 3 rings (SSSR count). The summed E-state index contributed by atoms with van der Waals surface area (Å²) in [5.74, 6) is -1.03. The van der Waals surface area contributed by atoms with Crippen molar-refractivity contribution in [2.24, 2.45) is 5.92 Å². The quantitative estimate of drug-likeness (QED) is 0.729. The van der Waals surface area contributed by atoms with Crippen LogP contribution >= 0.6 is 26.7 Å². The zero-order valence-electron chi connectivity index (χ0n) is 11.4. The molecule has 0 saturated heterocycles. The summed E-state index contributed by atoms with van der Waals surface area (Å²) < 4.78 is 23.8. The Morgan fingerprint density at radius 2 is 1.90 bits per heavy atom. The van der Waals surface area contributed by atoms with Gasteiger partial charge in [-0.15, -0.1) is 10.8 Å². The maximum absolute atomic E-state index is 11.0. The second kappa shape index (κ2) is 5.55. The topological polar surface area (TPSA) is 81.0 Å². The largest absolute Gasteiger partial charge is 0.481 e. The average Bonchev–Trinajstić information content (AvgIpc) is 2.70. The minimum absolute atomic E-state index is 0.0387. The van der Waals surface area contributed by atoms with Gasteiger partial charge in [0.15, 0.2) is 0 Å². The predicted molar refractivity (Wildman–Crippen MR) is 84.2 cm³/mol. The molecule has 1 fully saturated rings. The molecular weight excluding hydrogens is 358 g/mol. The summed E-state index contributed by atoms with van der Waals surface area (Å²) in [4.78, 5) is 11.6. The van der Waals surface area contributed by atoms with Crippen molar-refractivity contribution < 1.29 is 19.0 Å². The molecule has 21 heavy (non-hydrogen) atoms. The maximum atomic E-state index is 11.0. The van der Waals surface area contributed by atoms with Gasteiger partial charge in [0, 0.05) is 17.1 Å². The first-order chi connectivity index (χ1) is 9.89. The number of aliphatic carboxylic acids is 1. The van der Waals surface area contributed by atoms with E-state index in [1.165, 1.54) is 0 Å². The minimum atomic E-state index is -2.94. The predicted octanol–water partition coefficient (Wildman–Crippen LogP) is 3.93. The van der Waals surface area contributed by atoms with E-state index >= 15 is 0 Å².